The molecule has 0 bridgehead atoms. The molecule has 0 atom stereocenters. The van der Waals surface area contributed by atoms with Gasteiger partial charge < -0.3 is 19.6 Å². The second-order valence-corrected chi connectivity index (χ2v) is 6.43. The van der Waals surface area contributed by atoms with Crippen molar-refractivity contribution in [1.82, 2.24) is 15.1 Å². The van der Waals surface area contributed by atoms with Gasteiger partial charge in [-0.15, -0.1) is 0 Å². The van der Waals surface area contributed by atoms with Crippen molar-refractivity contribution in [2.45, 2.75) is 6.54 Å². The van der Waals surface area contributed by atoms with Crippen LogP contribution in [0.3, 0.4) is 0 Å². The average Bonchev–Trinajstić information content (AvgIpc) is 3.30. The first-order valence-corrected chi connectivity index (χ1v) is 8.72. The van der Waals surface area contributed by atoms with Gasteiger partial charge in [0.25, 0.3) is 5.91 Å². The maximum Gasteiger partial charge on any atom is 0.272 e. The summed E-state index contributed by atoms with van der Waals surface area (Å²) in [5, 5.41) is 16.8. The summed E-state index contributed by atoms with van der Waals surface area (Å²) in [6, 6.07) is 6.86. The maximum absolute atomic E-state index is 12.5. The van der Waals surface area contributed by atoms with Gasteiger partial charge >= 0.3 is 0 Å². The highest BCUT2D eigenvalue weighted by molar-refractivity contribution is 9.10. The number of aromatic nitrogens is 2. The first-order valence-electron chi connectivity index (χ1n) is 7.92. The third kappa shape index (κ3) is 4.20. The minimum absolute atomic E-state index is 0.00835. The number of furan rings is 1. The Morgan fingerprint density at radius 3 is 3.04 bits per heavy atom. The molecular formula is C18H17BrN4O4. The summed E-state index contributed by atoms with van der Waals surface area (Å²) in [5.74, 6) is 0.655. The molecular weight excluding hydrogens is 416 g/mol. The van der Waals surface area contributed by atoms with Crippen LogP contribution in [-0.2, 0) is 13.6 Å². The van der Waals surface area contributed by atoms with Crippen molar-refractivity contribution in [1.29, 1.82) is 0 Å². The average molecular weight is 433 g/mol. The predicted molar refractivity (Wildman–Crippen MR) is 103 cm³/mol. The highest BCUT2D eigenvalue weighted by Gasteiger charge is 2.16. The minimum atomic E-state index is -0.317. The summed E-state index contributed by atoms with van der Waals surface area (Å²) in [6.45, 7) is 0.266. The van der Waals surface area contributed by atoms with Crippen molar-refractivity contribution in [2.24, 2.45) is 12.0 Å². The first kappa shape index (κ1) is 18.7. The van der Waals surface area contributed by atoms with E-state index >= 15 is 0 Å². The molecule has 0 aliphatic rings. The SMILES string of the molecule is COc1cc(C=Nc2cnn(C)c2C(=O)NCc2ccco2)cc(Br)c1O. The van der Waals surface area contributed by atoms with Crippen LogP contribution < -0.4 is 10.1 Å². The smallest absolute Gasteiger partial charge is 0.272 e. The number of aliphatic imine (C=N–C) groups is 1. The number of aromatic hydroxyl groups is 1. The third-order valence-corrected chi connectivity index (χ3v) is 4.37. The molecule has 9 heteroatoms. The van der Waals surface area contributed by atoms with Crippen molar-refractivity contribution in [3.8, 4) is 11.5 Å². The fourth-order valence-electron chi connectivity index (χ4n) is 2.42. The third-order valence-electron chi connectivity index (χ3n) is 3.76. The molecule has 0 spiro atoms. The number of hydrogen-bond donors (Lipinski definition) is 2. The molecule has 0 aliphatic heterocycles. The Kier molecular flexibility index (Phi) is 5.60. The van der Waals surface area contributed by atoms with Gasteiger partial charge in [0.2, 0.25) is 0 Å². The van der Waals surface area contributed by atoms with E-state index in [0.29, 0.717) is 32.9 Å². The Labute approximate surface area is 163 Å². The number of phenolic OH excluding ortho intramolecular Hbond substituents is 1. The van der Waals surface area contributed by atoms with Crippen LogP contribution in [-0.4, -0.2) is 34.1 Å². The molecule has 0 unspecified atom stereocenters. The van der Waals surface area contributed by atoms with E-state index < -0.39 is 0 Å². The van der Waals surface area contributed by atoms with Crippen LogP contribution in [0.15, 0.2) is 50.6 Å². The minimum Gasteiger partial charge on any atom is -0.503 e. The molecule has 27 heavy (non-hydrogen) atoms. The van der Waals surface area contributed by atoms with E-state index in [1.807, 2.05) is 0 Å². The quantitative estimate of drug-likeness (QED) is 0.582. The second kappa shape index (κ2) is 8.09. The number of amides is 1. The standard InChI is InChI=1S/C18H17BrN4O4/c1-23-16(18(25)21-9-12-4-3-5-27-12)14(10-22-23)20-8-11-6-13(19)17(24)15(7-11)26-2/h3-8,10,24H,9H2,1-2H3,(H,21,25). The van der Waals surface area contributed by atoms with E-state index in [0.717, 1.165) is 0 Å². The molecule has 1 amide bonds. The van der Waals surface area contributed by atoms with Crippen molar-refractivity contribution in [3.63, 3.8) is 0 Å². The van der Waals surface area contributed by atoms with Crippen molar-refractivity contribution >= 4 is 33.7 Å². The lowest BCUT2D eigenvalue weighted by Crippen LogP contribution is -2.25. The van der Waals surface area contributed by atoms with Crippen LogP contribution in [0.5, 0.6) is 11.5 Å². The lowest BCUT2D eigenvalue weighted by molar-refractivity contribution is 0.0939. The molecule has 0 saturated carbocycles. The van der Waals surface area contributed by atoms with E-state index in [9.17, 15) is 9.90 Å². The highest BCUT2D eigenvalue weighted by Crippen LogP contribution is 2.34. The zero-order chi connectivity index (χ0) is 19.4. The van der Waals surface area contributed by atoms with Crippen LogP contribution in [0.2, 0.25) is 0 Å². The van der Waals surface area contributed by atoms with E-state index in [2.05, 4.69) is 31.3 Å². The first-order chi connectivity index (χ1) is 13.0. The zero-order valence-electron chi connectivity index (χ0n) is 14.6. The Morgan fingerprint density at radius 2 is 2.33 bits per heavy atom. The monoisotopic (exact) mass is 432 g/mol. The summed E-state index contributed by atoms with van der Waals surface area (Å²) in [6.07, 6.45) is 4.61. The van der Waals surface area contributed by atoms with Crippen molar-refractivity contribution in [2.75, 3.05) is 7.11 Å². The molecule has 0 radical (unpaired) electrons. The van der Waals surface area contributed by atoms with Crippen LogP contribution in [0.1, 0.15) is 21.8 Å². The number of rotatable bonds is 6. The number of aryl methyl sites for hydroxylation is 1. The summed E-state index contributed by atoms with van der Waals surface area (Å²) < 4.78 is 12.3. The van der Waals surface area contributed by atoms with Gasteiger partial charge in [-0.05, 0) is 45.8 Å². The van der Waals surface area contributed by atoms with Crippen molar-refractivity contribution < 1.29 is 19.1 Å². The molecule has 2 heterocycles. The Morgan fingerprint density at radius 1 is 1.52 bits per heavy atom. The summed E-state index contributed by atoms with van der Waals surface area (Å²) in [7, 11) is 3.13. The molecule has 1 aromatic carbocycles. The molecule has 0 saturated heterocycles. The number of halogens is 1. The van der Waals surface area contributed by atoms with Crippen LogP contribution in [0, 0.1) is 0 Å². The topological polar surface area (TPSA) is 102 Å². The van der Waals surface area contributed by atoms with Gasteiger partial charge in [0.15, 0.2) is 17.2 Å². The fourth-order valence-corrected chi connectivity index (χ4v) is 2.88. The Bertz CT molecular complexity index is 980. The molecule has 140 valence electrons. The number of ether oxygens (including phenoxy) is 1. The van der Waals surface area contributed by atoms with Crippen LogP contribution in [0.4, 0.5) is 5.69 Å². The summed E-state index contributed by atoms with van der Waals surface area (Å²) in [5.41, 5.74) is 1.42. The van der Waals surface area contributed by atoms with E-state index in [4.69, 9.17) is 9.15 Å². The van der Waals surface area contributed by atoms with Gasteiger partial charge in [-0.2, -0.15) is 5.10 Å². The Hall–Kier alpha value is -3.07. The van der Waals surface area contributed by atoms with E-state index in [1.165, 1.54) is 18.0 Å². The number of carbonyl (C=O) groups is 1. The number of nitrogens with one attached hydrogen (secondary N) is 1. The number of hydrogen-bond acceptors (Lipinski definition) is 6. The zero-order valence-corrected chi connectivity index (χ0v) is 16.2. The lowest BCUT2D eigenvalue weighted by Gasteiger charge is -2.06. The second-order valence-electron chi connectivity index (χ2n) is 5.58. The lowest BCUT2D eigenvalue weighted by atomic mass is 10.2. The van der Waals surface area contributed by atoms with Crippen LogP contribution >= 0.6 is 15.9 Å². The van der Waals surface area contributed by atoms with Gasteiger partial charge in [0.05, 0.1) is 30.6 Å². The maximum atomic E-state index is 12.5. The van der Waals surface area contributed by atoms with Crippen LogP contribution in [0.25, 0.3) is 0 Å². The fraction of sp³-hybridized carbons (Fsp3) is 0.167. The molecule has 0 fully saturated rings. The summed E-state index contributed by atoms with van der Waals surface area (Å²) in [4.78, 5) is 16.9. The molecule has 2 N–H and O–H groups in total. The number of benzene rings is 1. The predicted octanol–water partition coefficient (Wildman–Crippen LogP) is 3.17. The molecule has 3 aromatic rings. The largest absolute Gasteiger partial charge is 0.503 e. The summed E-state index contributed by atoms with van der Waals surface area (Å²) >= 11 is 3.26. The molecule has 3 rings (SSSR count). The normalized spacial score (nSPS) is 11.1. The number of nitrogens with zero attached hydrogens (tertiary/aromatic N) is 3. The van der Waals surface area contributed by atoms with Gasteiger partial charge in [0, 0.05) is 13.3 Å². The molecule has 0 aliphatic carbocycles. The number of phenols is 1. The number of carbonyl (C=O) groups excluding carboxylic acids is 1. The van der Waals surface area contributed by atoms with Gasteiger partial charge in [-0.1, -0.05) is 0 Å². The molecule has 8 nitrogen and oxygen atoms in total. The van der Waals surface area contributed by atoms with Gasteiger partial charge in [-0.3, -0.25) is 14.5 Å². The number of methoxy groups -OCH3 is 1. The molecule has 2 aromatic heterocycles. The van der Waals surface area contributed by atoms with Gasteiger partial charge in [-0.25, -0.2) is 0 Å². The van der Waals surface area contributed by atoms with Crippen molar-refractivity contribution in [3.05, 3.63) is 58.2 Å². The Balaban J connectivity index is 1.81. The highest BCUT2D eigenvalue weighted by atomic mass is 79.9. The van der Waals surface area contributed by atoms with E-state index in [-0.39, 0.29) is 18.2 Å². The van der Waals surface area contributed by atoms with E-state index in [1.54, 1.807) is 43.8 Å². The van der Waals surface area contributed by atoms with Gasteiger partial charge in [0.1, 0.15) is 11.4 Å².